The molecule has 95 valence electrons. The second-order valence-corrected chi connectivity index (χ2v) is 4.55. The van der Waals surface area contributed by atoms with E-state index in [2.05, 4.69) is 16.3 Å². The van der Waals surface area contributed by atoms with Crippen LogP contribution in [-0.4, -0.2) is 29.1 Å². The molecule has 0 aliphatic rings. The molecule has 5 heteroatoms. The quantitative estimate of drug-likeness (QED) is 0.707. The molecule has 0 amide bonds. The third kappa shape index (κ3) is 2.10. The fourth-order valence-electron chi connectivity index (χ4n) is 1.87. The molecule has 0 saturated heterocycles. The molecular formula is C14H14N5. The summed E-state index contributed by atoms with van der Waals surface area (Å²) in [5.74, 6) is 0. The van der Waals surface area contributed by atoms with Crippen molar-refractivity contribution in [2.45, 2.75) is 0 Å². The van der Waals surface area contributed by atoms with Crippen molar-refractivity contribution >= 4 is 22.4 Å². The van der Waals surface area contributed by atoms with Gasteiger partial charge in [0.15, 0.2) is 0 Å². The zero-order valence-corrected chi connectivity index (χ0v) is 10.8. The van der Waals surface area contributed by atoms with Crippen LogP contribution >= 0.6 is 0 Å². The van der Waals surface area contributed by atoms with E-state index in [0.29, 0.717) is 11.2 Å². The largest absolute Gasteiger partial charge is 0.398 e. The number of nitrogens with two attached hydrogens (primary N) is 1. The minimum absolute atomic E-state index is 0.572. The first-order chi connectivity index (χ1) is 9.13. The van der Waals surface area contributed by atoms with E-state index in [0.717, 1.165) is 16.9 Å². The Morgan fingerprint density at radius 3 is 2.47 bits per heavy atom. The van der Waals surface area contributed by atoms with Crippen molar-refractivity contribution < 1.29 is 0 Å². The van der Waals surface area contributed by atoms with Gasteiger partial charge in [-0.1, -0.05) is 0 Å². The van der Waals surface area contributed by atoms with Crippen molar-refractivity contribution in [1.82, 2.24) is 15.0 Å². The lowest BCUT2D eigenvalue weighted by Gasteiger charge is -2.12. The molecule has 0 saturated carbocycles. The topological polar surface area (TPSA) is 60.0 Å². The highest BCUT2D eigenvalue weighted by Crippen LogP contribution is 2.17. The van der Waals surface area contributed by atoms with E-state index in [1.807, 2.05) is 49.3 Å². The molecule has 0 aliphatic heterocycles. The maximum absolute atomic E-state index is 5.69. The van der Waals surface area contributed by atoms with Gasteiger partial charge in [-0.05, 0) is 36.4 Å². The summed E-state index contributed by atoms with van der Waals surface area (Å²) in [5.41, 5.74) is 9.77. The van der Waals surface area contributed by atoms with Crippen LogP contribution in [0.1, 0.15) is 0 Å². The van der Waals surface area contributed by atoms with Gasteiger partial charge in [-0.25, -0.2) is 0 Å². The van der Waals surface area contributed by atoms with Crippen LogP contribution in [0.4, 0.5) is 11.4 Å². The predicted octanol–water partition coefficient (Wildman–Crippen LogP) is 1.87. The Kier molecular flexibility index (Phi) is 2.59. The van der Waals surface area contributed by atoms with Crippen LogP contribution in [0.25, 0.3) is 16.7 Å². The molecule has 1 radical (unpaired) electrons. The molecule has 2 N–H and O–H groups in total. The van der Waals surface area contributed by atoms with Crippen molar-refractivity contribution in [3.8, 4) is 5.69 Å². The van der Waals surface area contributed by atoms with Crippen LogP contribution in [0, 0.1) is 6.07 Å². The van der Waals surface area contributed by atoms with E-state index in [-0.39, 0.29) is 0 Å². The average Bonchev–Trinajstić information content (AvgIpc) is 2.81. The molecular weight excluding hydrogens is 238 g/mol. The number of hydrogen-bond donors (Lipinski definition) is 1. The first kappa shape index (κ1) is 11.5. The van der Waals surface area contributed by atoms with Crippen LogP contribution in [0.5, 0.6) is 0 Å². The summed E-state index contributed by atoms with van der Waals surface area (Å²) >= 11 is 0. The van der Waals surface area contributed by atoms with Gasteiger partial charge >= 0.3 is 0 Å². The van der Waals surface area contributed by atoms with E-state index < -0.39 is 0 Å². The Morgan fingerprint density at radius 1 is 1.05 bits per heavy atom. The molecule has 0 fully saturated rings. The SMILES string of the molecule is CN(C)c1ccc(-n2nc3[c]c(N)ccc3n2)cc1. The van der Waals surface area contributed by atoms with Crippen molar-refractivity contribution in [3.05, 3.63) is 42.5 Å². The normalized spacial score (nSPS) is 10.8. The molecule has 0 bridgehead atoms. The van der Waals surface area contributed by atoms with Gasteiger partial charge in [0.25, 0.3) is 0 Å². The lowest BCUT2D eigenvalue weighted by Crippen LogP contribution is -2.08. The molecule has 1 heterocycles. The third-order valence-electron chi connectivity index (χ3n) is 2.92. The van der Waals surface area contributed by atoms with Gasteiger partial charge < -0.3 is 10.6 Å². The van der Waals surface area contributed by atoms with Gasteiger partial charge in [0.2, 0.25) is 0 Å². The number of nitrogens with zero attached hydrogens (tertiary/aromatic N) is 4. The molecule has 0 aliphatic carbocycles. The fourth-order valence-corrected chi connectivity index (χ4v) is 1.87. The van der Waals surface area contributed by atoms with E-state index in [1.165, 1.54) is 0 Å². The first-order valence-electron chi connectivity index (χ1n) is 5.96. The Bertz CT molecular complexity index is 712. The highest BCUT2D eigenvalue weighted by Gasteiger charge is 2.05. The molecule has 2 aromatic carbocycles. The number of aromatic nitrogens is 3. The third-order valence-corrected chi connectivity index (χ3v) is 2.92. The molecule has 3 rings (SSSR count). The first-order valence-corrected chi connectivity index (χ1v) is 5.96. The summed E-state index contributed by atoms with van der Waals surface area (Å²) in [5, 5.41) is 8.78. The fraction of sp³-hybridized carbons (Fsp3) is 0.143. The summed E-state index contributed by atoms with van der Waals surface area (Å²) in [7, 11) is 4.01. The van der Waals surface area contributed by atoms with Gasteiger partial charge in [-0.2, -0.15) is 4.80 Å². The average molecular weight is 252 g/mol. The zero-order valence-electron chi connectivity index (χ0n) is 10.8. The second-order valence-electron chi connectivity index (χ2n) is 4.55. The molecule has 1 aromatic heterocycles. The van der Waals surface area contributed by atoms with Gasteiger partial charge in [-0.15, -0.1) is 10.2 Å². The molecule has 0 unspecified atom stereocenters. The summed E-state index contributed by atoms with van der Waals surface area (Å²) in [6.07, 6.45) is 0. The van der Waals surface area contributed by atoms with Gasteiger partial charge in [0.1, 0.15) is 11.0 Å². The minimum atomic E-state index is 0.572. The van der Waals surface area contributed by atoms with Crippen LogP contribution in [0.2, 0.25) is 0 Å². The standard InChI is InChI=1S/C14H14N5/c1-18(2)11-4-6-12(7-5-11)19-16-13-8-3-10(15)9-14(13)17-19/h3-8H,15H2,1-2H3. The number of hydrogen-bond acceptors (Lipinski definition) is 4. The predicted molar refractivity (Wildman–Crippen MR) is 76.4 cm³/mol. The lowest BCUT2D eigenvalue weighted by molar-refractivity contribution is 0.765. The van der Waals surface area contributed by atoms with Gasteiger partial charge in [-0.3, -0.25) is 0 Å². The smallest absolute Gasteiger partial charge is 0.123 e. The highest BCUT2D eigenvalue weighted by molar-refractivity contribution is 5.76. The summed E-state index contributed by atoms with van der Waals surface area (Å²) in [6.45, 7) is 0. The Labute approximate surface area is 111 Å². The van der Waals surface area contributed by atoms with E-state index in [9.17, 15) is 0 Å². The number of anilines is 2. The number of nitrogen functional groups attached to an aromatic ring is 1. The molecule has 0 spiro atoms. The van der Waals surface area contributed by atoms with Gasteiger partial charge in [0.05, 0.1) is 5.69 Å². The highest BCUT2D eigenvalue weighted by atomic mass is 15.5. The summed E-state index contributed by atoms with van der Waals surface area (Å²) in [6, 6.07) is 14.6. The summed E-state index contributed by atoms with van der Waals surface area (Å²) in [4.78, 5) is 3.64. The lowest BCUT2D eigenvalue weighted by atomic mass is 10.3. The van der Waals surface area contributed by atoms with E-state index in [4.69, 9.17) is 5.73 Å². The van der Waals surface area contributed by atoms with Crippen molar-refractivity contribution in [2.75, 3.05) is 24.7 Å². The van der Waals surface area contributed by atoms with Crippen LogP contribution in [0.15, 0.2) is 36.4 Å². The van der Waals surface area contributed by atoms with Crippen LogP contribution in [0.3, 0.4) is 0 Å². The molecule has 0 atom stereocenters. The van der Waals surface area contributed by atoms with E-state index in [1.54, 1.807) is 10.9 Å². The molecule has 3 aromatic rings. The van der Waals surface area contributed by atoms with Gasteiger partial charge in [0, 0.05) is 31.5 Å². The Hall–Kier alpha value is -2.56. The molecule has 19 heavy (non-hydrogen) atoms. The minimum Gasteiger partial charge on any atom is -0.398 e. The van der Waals surface area contributed by atoms with Crippen molar-refractivity contribution in [1.29, 1.82) is 0 Å². The number of benzene rings is 2. The van der Waals surface area contributed by atoms with Crippen molar-refractivity contribution in [2.24, 2.45) is 0 Å². The summed E-state index contributed by atoms with van der Waals surface area (Å²) < 4.78 is 0. The van der Waals surface area contributed by atoms with Crippen molar-refractivity contribution in [3.63, 3.8) is 0 Å². The monoisotopic (exact) mass is 252 g/mol. The maximum Gasteiger partial charge on any atom is 0.123 e. The van der Waals surface area contributed by atoms with E-state index >= 15 is 0 Å². The molecule has 5 nitrogen and oxygen atoms in total. The number of rotatable bonds is 2. The Balaban J connectivity index is 2.03. The van der Waals surface area contributed by atoms with Crippen LogP contribution in [-0.2, 0) is 0 Å². The number of fused-ring (bicyclic) bond motifs is 1. The Morgan fingerprint density at radius 2 is 1.79 bits per heavy atom. The van der Waals surface area contributed by atoms with Crippen LogP contribution < -0.4 is 10.6 Å². The zero-order chi connectivity index (χ0) is 13.4. The second kappa shape index (κ2) is 4.28. The maximum atomic E-state index is 5.69.